The minimum absolute atomic E-state index is 0. The van der Waals surface area contributed by atoms with Crippen LogP contribution in [0.15, 0.2) is 4.99 Å². The van der Waals surface area contributed by atoms with Gasteiger partial charge in [-0.3, -0.25) is 9.89 Å². The van der Waals surface area contributed by atoms with Crippen molar-refractivity contribution in [2.75, 3.05) is 46.4 Å². The summed E-state index contributed by atoms with van der Waals surface area (Å²) in [6.45, 7) is 12.8. The Morgan fingerprint density at radius 1 is 1.18 bits per heavy atom. The van der Waals surface area contributed by atoms with Gasteiger partial charge in [0, 0.05) is 31.1 Å². The van der Waals surface area contributed by atoms with E-state index in [0.717, 1.165) is 32.3 Å². The molecular formula is C16H33IN4O. The van der Waals surface area contributed by atoms with Crippen LogP contribution in [-0.2, 0) is 4.74 Å². The normalized spacial score (nSPS) is 22.5. The van der Waals surface area contributed by atoms with Gasteiger partial charge < -0.3 is 15.4 Å². The minimum atomic E-state index is 0. The van der Waals surface area contributed by atoms with Crippen LogP contribution in [-0.4, -0.2) is 62.8 Å². The smallest absolute Gasteiger partial charge is 0.191 e. The molecule has 2 aliphatic rings. The number of guanidine groups is 1. The van der Waals surface area contributed by atoms with Crippen molar-refractivity contribution in [1.82, 2.24) is 15.5 Å². The van der Waals surface area contributed by atoms with Gasteiger partial charge >= 0.3 is 0 Å². The molecule has 5 nitrogen and oxygen atoms in total. The molecule has 0 aromatic carbocycles. The zero-order valence-electron chi connectivity index (χ0n) is 14.6. The van der Waals surface area contributed by atoms with Crippen molar-refractivity contribution in [1.29, 1.82) is 0 Å². The first-order valence-electron chi connectivity index (χ1n) is 8.23. The molecule has 0 amide bonds. The number of halogens is 1. The lowest BCUT2D eigenvalue weighted by Crippen LogP contribution is -2.56. The Hall–Kier alpha value is -0.0800. The lowest BCUT2D eigenvalue weighted by molar-refractivity contribution is -0.0971. The van der Waals surface area contributed by atoms with Crippen LogP contribution in [0.25, 0.3) is 0 Å². The summed E-state index contributed by atoms with van der Waals surface area (Å²) in [7, 11) is 1.84. The third-order valence-corrected chi connectivity index (χ3v) is 4.71. The van der Waals surface area contributed by atoms with E-state index in [2.05, 4.69) is 41.3 Å². The summed E-state index contributed by atoms with van der Waals surface area (Å²) in [5.41, 5.74) is 0.432. The molecule has 130 valence electrons. The summed E-state index contributed by atoms with van der Waals surface area (Å²) in [6.07, 6.45) is 4.04. The van der Waals surface area contributed by atoms with E-state index in [1.165, 1.54) is 32.4 Å². The fourth-order valence-corrected chi connectivity index (χ4v) is 2.98. The molecule has 0 saturated carbocycles. The van der Waals surface area contributed by atoms with Gasteiger partial charge in [-0.1, -0.05) is 13.3 Å². The van der Waals surface area contributed by atoms with Crippen LogP contribution in [0.1, 0.15) is 40.0 Å². The number of hydrogen-bond acceptors (Lipinski definition) is 3. The Morgan fingerprint density at radius 3 is 2.32 bits per heavy atom. The van der Waals surface area contributed by atoms with E-state index in [-0.39, 0.29) is 34.9 Å². The first-order chi connectivity index (χ1) is 9.95. The molecule has 2 rings (SSSR count). The number of hydrogen-bond donors (Lipinski definition) is 2. The van der Waals surface area contributed by atoms with E-state index < -0.39 is 0 Å². The quantitative estimate of drug-likeness (QED) is 0.403. The molecule has 0 aromatic rings. The van der Waals surface area contributed by atoms with Crippen molar-refractivity contribution in [3.05, 3.63) is 0 Å². The highest BCUT2D eigenvalue weighted by Gasteiger charge is 2.33. The van der Waals surface area contributed by atoms with E-state index in [9.17, 15) is 0 Å². The summed E-state index contributed by atoms with van der Waals surface area (Å²) in [6, 6.07) is 0. The van der Waals surface area contributed by atoms with E-state index in [4.69, 9.17) is 4.74 Å². The van der Waals surface area contributed by atoms with E-state index in [0.29, 0.717) is 0 Å². The van der Waals surface area contributed by atoms with Crippen LogP contribution >= 0.6 is 24.0 Å². The second-order valence-electron chi connectivity index (χ2n) is 7.44. The second kappa shape index (κ2) is 8.68. The fourth-order valence-electron chi connectivity index (χ4n) is 2.98. The minimum Gasteiger partial charge on any atom is -0.380 e. The Morgan fingerprint density at radius 2 is 1.82 bits per heavy atom. The van der Waals surface area contributed by atoms with Crippen molar-refractivity contribution >= 4 is 29.9 Å². The maximum absolute atomic E-state index is 5.29. The van der Waals surface area contributed by atoms with Crippen molar-refractivity contribution < 1.29 is 4.74 Å². The molecule has 6 heteroatoms. The number of likely N-dealkylation sites (tertiary alicyclic amines) is 1. The molecular weight excluding hydrogens is 391 g/mol. The first kappa shape index (κ1) is 20.0. The van der Waals surface area contributed by atoms with Gasteiger partial charge in [0.2, 0.25) is 0 Å². The average Bonchev–Trinajstić information content (AvgIpc) is 2.46. The zero-order chi connectivity index (χ0) is 15.3. The standard InChI is InChI=1S/C16H32N4O.HI/c1-15(2,20-8-6-5-7-9-20)10-18-14(17-4)19-11-16(3)12-21-13-16;/h5-13H2,1-4H3,(H2,17,18,19);1H. The van der Waals surface area contributed by atoms with Crippen LogP contribution in [0.4, 0.5) is 0 Å². The van der Waals surface area contributed by atoms with Crippen LogP contribution in [0, 0.1) is 5.41 Å². The molecule has 22 heavy (non-hydrogen) atoms. The van der Waals surface area contributed by atoms with E-state index in [1.54, 1.807) is 0 Å². The van der Waals surface area contributed by atoms with Gasteiger partial charge in [0.05, 0.1) is 13.2 Å². The lowest BCUT2D eigenvalue weighted by atomic mass is 9.89. The molecule has 0 radical (unpaired) electrons. The van der Waals surface area contributed by atoms with Crippen molar-refractivity contribution in [2.24, 2.45) is 10.4 Å². The van der Waals surface area contributed by atoms with Gasteiger partial charge in [0.1, 0.15) is 0 Å². The molecule has 0 aliphatic carbocycles. The number of aliphatic imine (C=N–C) groups is 1. The summed E-state index contributed by atoms with van der Waals surface area (Å²) < 4.78 is 5.29. The molecule has 2 heterocycles. The van der Waals surface area contributed by atoms with Crippen molar-refractivity contribution in [2.45, 2.75) is 45.6 Å². The summed E-state index contributed by atoms with van der Waals surface area (Å²) in [5, 5.41) is 6.91. The Balaban J connectivity index is 0.00000242. The highest BCUT2D eigenvalue weighted by Crippen LogP contribution is 2.25. The van der Waals surface area contributed by atoms with Crippen molar-refractivity contribution in [3.8, 4) is 0 Å². The molecule has 0 aromatic heterocycles. The molecule has 0 spiro atoms. The molecule has 0 bridgehead atoms. The number of ether oxygens (including phenoxy) is 1. The first-order valence-corrected chi connectivity index (χ1v) is 8.23. The molecule has 2 aliphatic heterocycles. The van der Waals surface area contributed by atoms with E-state index >= 15 is 0 Å². The monoisotopic (exact) mass is 424 g/mol. The summed E-state index contributed by atoms with van der Waals surface area (Å²) in [5.74, 6) is 0.896. The van der Waals surface area contributed by atoms with Gasteiger partial charge in [0.25, 0.3) is 0 Å². The third kappa shape index (κ3) is 5.53. The molecule has 0 atom stereocenters. The van der Waals surface area contributed by atoms with Crippen LogP contribution in [0.5, 0.6) is 0 Å². The Kier molecular flexibility index (Phi) is 7.88. The van der Waals surface area contributed by atoms with Gasteiger partial charge in [-0.25, -0.2) is 0 Å². The van der Waals surface area contributed by atoms with Crippen LogP contribution in [0.2, 0.25) is 0 Å². The topological polar surface area (TPSA) is 48.9 Å². The third-order valence-electron chi connectivity index (χ3n) is 4.71. The summed E-state index contributed by atoms with van der Waals surface area (Å²) in [4.78, 5) is 6.93. The molecule has 0 unspecified atom stereocenters. The Bertz CT molecular complexity index is 363. The van der Waals surface area contributed by atoms with Crippen LogP contribution in [0.3, 0.4) is 0 Å². The zero-order valence-corrected chi connectivity index (χ0v) is 16.9. The predicted molar refractivity (Wildman–Crippen MR) is 103 cm³/mol. The average molecular weight is 424 g/mol. The highest BCUT2D eigenvalue weighted by atomic mass is 127. The summed E-state index contributed by atoms with van der Waals surface area (Å²) >= 11 is 0. The van der Waals surface area contributed by atoms with E-state index in [1.807, 2.05) is 7.05 Å². The number of nitrogens with zero attached hydrogens (tertiary/aromatic N) is 2. The predicted octanol–water partition coefficient (Wildman–Crippen LogP) is 2.07. The fraction of sp³-hybridized carbons (Fsp3) is 0.938. The van der Waals surface area contributed by atoms with Gasteiger partial charge in [-0.05, 0) is 39.8 Å². The molecule has 2 fully saturated rings. The molecule has 2 saturated heterocycles. The molecule has 2 N–H and O–H groups in total. The maximum atomic E-state index is 5.29. The number of nitrogens with one attached hydrogen (secondary N) is 2. The SMILES string of the molecule is CN=C(NCC1(C)COC1)NCC(C)(C)N1CCCCC1.I. The Labute approximate surface area is 152 Å². The van der Waals surface area contributed by atoms with Crippen molar-refractivity contribution in [3.63, 3.8) is 0 Å². The lowest BCUT2D eigenvalue weighted by Gasteiger charge is -2.41. The second-order valence-corrected chi connectivity index (χ2v) is 7.44. The van der Waals surface area contributed by atoms with Gasteiger partial charge in [-0.2, -0.15) is 0 Å². The van der Waals surface area contributed by atoms with Gasteiger partial charge in [-0.15, -0.1) is 24.0 Å². The highest BCUT2D eigenvalue weighted by molar-refractivity contribution is 14.0. The number of piperidine rings is 1. The largest absolute Gasteiger partial charge is 0.380 e. The maximum Gasteiger partial charge on any atom is 0.191 e. The van der Waals surface area contributed by atoms with Crippen LogP contribution < -0.4 is 10.6 Å². The van der Waals surface area contributed by atoms with Gasteiger partial charge in [0.15, 0.2) is 5.96 Å². The number of rotatable bonds is 5.